The average Bonchev–Trinajstić information content (AvgIpc) is 2.42. The minimum Gasteiger partial charge on any atom is -0.334 e. The molecule has 5 heteroatoms. The SMILES string of the molecule is CC(Cl)/C=C/C(=O)N(CCC#N)Cc1ccc(Cl)cc1. The fourth-order valence-corrected chi connectivity index (χ4v) is 1.78. The van der Waals surface area contributed by atoms with Crippen molar-refractivity contribution >= 4 is 29.1 Å². The first-order valence-electron chi connectivity index (χ1n) is 6.25. The highest BCUT2D eigenvalue weighted by atomic mass is 35.5. The predicted octanol–water partition coefficient (Wildman–Crippen LogP) is 3.77. The minimum absolute atomic E-state index is 0.150. The van der Waals surface area contributed by atoms with E-state index in [0.717, 1.165) is 5.56 Å². The first-order valence-corrected chi connectivity index (χ1v) is 7.07. The molecule has 1 aromatic rings. The van der Waals surface area contributed by atoms with E-state index in [-0.39, 0.29) is 11.3 Å². The minimum atomic E-state index is -0.202. The Morgan fingerprint density at radius 2 is 2.10 bits per heavy atom. The Hall–Kier alpha value is -1.50. The molecule has 1 rings (SSSR count). The summed E-state index contributed by atoms with van der Waals surface area (Å²) in [5, 5.41) is 9.12. The fourth-order valence-electron chi connectivity index (χ4n) is 1.58. The van der Waals surface area contributed by atoms with Crippen LogP contribution in [-0.4, -0.2) is 22.7 Å². The van der Waals surface area contributed by atoms with Crippen molar-refractivity contribution in [1.82, 2.24) is 4.90 Å². The van der Waals surface area contributed by atoms with Gasteiger partial charge in [0.1, 0.15) is 0 Å². The monoisotopic (exact) mass is 310 g/mol. The second-order valence-corrected chi connectivity index (χ2v) is 5.46. The van der Waals surface area contributed by atoms with Crippen LogP contribution in [0.1, 0.15) is 18.9 Å². The molecule has 0 radical (unpaired) electrons. The molecule has 0 aliphatic rings. The van der Waals surface area contributed by atoms with E-state index < -0.39 is 0 Å². The second kappa shape index (κ2) is 8.63. The van der Waals surface area contributed by atoms with E-state index in [4.69, 9.17) is 28.5 Å². The number of alkyl halides is 1. The molecule has 0 aromatic heterocycles. The second-order valence-electron chi connectivity index (χ2n) is 4.33. The van der Waals surface area contributed by atoms with Crippen LogP contribution in [-0.2, 0) is 11.3 Å². The number of halogens is 2. The Bertz CT molecular complexity index is 504. The first kappa shape index (κ1) is 16.6. The lowest BCUT2D eigenvalue weighted by atomic mass is 10.2. The quantitative estimate of drug-likeness (QED) is 0.593. The molecule has 1 amide bonds. The van der Waals surface area contributed by atoms with Crippen molar-refractivity contribution in [3.63, 3.8) is 0 Å². The van der Waals surface area contributed by atoms with Gasteiger partial charge < -0.3 is 4.90 Å². The van der Waals surface area contributed by atoms with Crippen LogP contribution < -0.4 is 0 Å². The number of carbonyl (C=O) groups is 1. The van der Waals surface area contributed by atoms with Crippen LogP contribution in [0.5, 0.6) is 0 Å². The summed E-state index contributed by atoms with van der Waals surface area (Å²) in [6.07, 6.45) is 3.37. The van der Waals surface area contributed by atoms with Crippen molar-refractivity contribution < 1.29 is 4.79 Å². The Kier molecular flexibility index (Phi) is 7.14. The van der Waals surface area contributed by atoms with Crippen LogP contribution in [0.15, 0.2) is 36.4 Å². The van der Waals surface area contributed by atoms with Crippen molar-refractivity contribution in [3.05, 3.63) is 47.0 Å². The summed E-state index contributed by atoms with van der Waals surface area (Å²) in [6, 6.07) is 9.33. The molecule has 0 bridgehead atoms. The number of benzene rings is 1. The molecule has 1 atom stereocenters. The summed E-state index contributed by atoms with van der Waals surface area (Å²) >= 11 is 11.6. The lowest BCUT2D eigenvalue weighted by molar-refractivity contribution is -0.126. The summed E-state index contributed by atoms with van der Waals surface area (Å²) in [4.78, 5) is 13.7. The van der Waals surface area contributed by atoms with Gasteiger partial charge in [0.15, 0.2) is 0 Å². The zero-order chi connectivity index (χ0) is 15.0. The third-order valence-corrected chi connectivity index (χ3v) is 2.99. The molecule has 0 spiro atoms. The van der Waals surface area contributed by atoms with Crippen LogP contribution in [0.25, 0.3) is 0 Å². The largest absolute Gasteiger partial charge is 0.334 e. The third-order valence-electron chi connectivity index (χ3n) is 2.60. The molecule has 0 saturated carbocycles. The topological polar surface area (TPSA) is 44.1 Å². The number of amides is 1. The van der Waals surface area contributed by atoms with Crippen molar-refractivity contribution in [3.8, 4) is 6.07 Å². The lowest BCUT2D eigenvalue weighted by Gasteiger charge is -2.20. The Morgan fingerprint density at radius 3 is 2.65 bits per heavy atom. The normalized spacial score (nSPS) is 12.1. The summed E-state index contributed by atoms with van der Waals surface area (Å²) in [5.41, 5.74) is 0.966. The maximum absolute atomic E-state index is 12.1. The van der Waals surface area contributed by atoms with Gasteiger partial charge in [-0.2, -0.15) is 5.26 Å². The fraction of sp³-hybridized carbons (Fsp3) is 0.333. The first-order chi connectivity index (χ1) is 9.52. The van der Waals surface area contributed by atoms with Crippen molar-refractivity contribution in [2.45, 2.75) is 25.3 Å². The zero-order valence-electron chi connectivity index (χ0n) is 11.2. The van der Waals surface area contributed by atoms with Gasteiger partial charge in [-0.25, -0.2) is 0 Å². The van der Waals surface area contributed by atoms with Gasteiger partial charge in [0, 0.05) is 29.6 Å². The molecule has 1 aromatic carbocycles. The highest BCUT2D eigenvalue weighted by molar-refractivity contribution is 6.30. The molecular formula is C15H16Cl2N2O. The van der Waals surface area contributed by atoms with Gasteiger partial charge in [-0.15, -0.1) is 11.6 Å². The number of carbonyl (C=O) groups excluding carboxylic acids is 1. The third kappa shape index (κ3) is 6.10. The number of hydrogen-bond donors (Lipinski definition) is 0. The maximum atomic E-state index is 12.1. The Labute approximate surface area is 129 Å². The zero-order valence-corrected chi connectivity index (χ0v) is 12.7. The summed E-state index contributed by atoms with van der Waals surface area (Å²) in [6.45, 7) is 2.61. The standard InChI is InChI=1S/C15H16Cl2N2O/c1-12(16)3-8-15(20)19(10-2-9-18)11-13-4-6-14(17)7-5-13/h3-8,12H,2,10-11H2,1H3/b8-3+. The smallest absolute Gasteiger partial charge is 0.246 e. The lowest BCUT2D eigenvalue weighted by Crippen LogP contribution is -2.30. The van der Waals surface area contributed by atoms with E-state index in [9.17, 15) is 4.79 Å². The highest BCUT2D eigenvalue weighted by Gasteiger charge is 2.11. The van der Waals surface area contributed by atoms with Crippen molar-refractivity contribution in [1.29, 1.82) is 5.26 Å². The predicted molar refractivity (Wildman–Crippen MR) is 81.6 cm³/mol. The van der Waals surface area contributed by atoms with E-state index in [2.05, 4.69) is 0 Å². The number of allylic oxidation sites excluding steroid dienone is 1. The Balaban J connectivity index is 2.75. The van der Waals surface area contributed by atoms with Crippen LogP contribution in [0.3, 0.4) is 0 Å². The molecule has 1 unspecified atom stereocenters. The van der Waals surface area contributed by atoms with Crippen LogP contribution in [0, 0.1) is 11.3 Å². The van der Waals surface area contributed by atoms with E-state index >= 15 is 0 Å². The summed E-state index contributed by atoms with van der Waals surface area (Å²) in [7, 11) is 0. The molecule has 3 nitrogen and oxygen atoms in total. The number of nitrogens with zero attached hydrogens (tertiary/aromatic N) is 2. The van der Waals surface area contributed by atoms with Gasteiger partial charge >= 0.3 is 0 Å². The van der Waals surface area contributed by atoms with Crippen molar-refractivity contribution in [2.24, 2.45) is 0 Å². The van der Waals surface area contributed by atoms with E-state index in [0.29, 0.717) is 24.5 Å². The van der Waals surface area contributed by atoms with Gasteiger partial charge in [0.25, 0.3) is 0 Å². The van der Waals surface area contributed by atoms with E-state index in [1.54, 1.807) is 30.0 Å². The molecule has 106 valence electrons. The van der Waals surface area contributed by atoms with Crippen LogP contribution >= 0.6 is 23.2 Å². The van der Waals surface area contributed by atoms with Gasteiger partial charge in [-0.05, 0) is 24.6 Å². The van der Waals surface area contributed by atoms with Gasteiger partial charge in [-0.1, -0.05) is 29.8 Å². The summed E-state index contributed by atoms with van der Waals surface area (Å²) in [5.74, 6) is -0.150. The highest BCUT2D eigenvalue weighted by Crippen LogP contribution is 2.12. The summed E-state index contributed by atoms with van der Waals surface area (Å²) < 4.78 is 0. The van der Waals surface area contributed by atoms with Gasteiger partial charge in [-0.3, -0.25) is 4.79 Å². The van der Waals surface area contributed by atoms with Gasteiger partial charge in [0.05, 0.1) is 12.5 Å². The molecule has 20 heavy (non-hydrogen) atoms. The van der Waals surface area contributed by atoms with E-state index in [1.165, 1.54) is 6.08 Å². The molecule has 0 heterocycles. The van der Waals surface area contributed by atoms with Crippen molar-refractivity contribution in [2.75, 3.05) is 6.54 Å². The van der Waals surface area contributed by atoms with Crippen LogP contribution in [0.2, 0.25) is 5.02 Å². The molecular weight excluding hydrogens is 295 g/mol. The Morgan fingerprint density at radius 1 is 1.45 bits per heavy atom. The van der Waals surface area contributed by atoms with Crippen LogP contribution in [0.4, 0.5) is 0 Å². The average molecular weight is 311 g/mol. The number of nitriles is 1. The molecule has 0 fully saturated rings. The van der Waals surface area contributed by atoms with E-state index in [1.807, 2.05) is 18.2 Å². The molecule has 0 aliphatic carbocycles. The molecule has 0 saturated heterocycles. The molecule has 0 aliphatic heterocycles. The maximum Gasteiger partial charge on any atom is 0.246 e. The molecule has 0 N–H and O–H groups in total. The number of hydrogen-bond acceptors (Lipinski definition) is 2. The number of rotatable bonds is 6. The van der Waals surface area contributed by atoms with Gasteiger partial charge in [0.2, 0.25) is 5.91 Å².